The molecule has 1 fully saturated rings. The number of hydrogen-bond acceptors (Lipinski definition) is 3. The molecule has 0 aromatic rings. The van der Waals surface area contributed by atoms with E-state index in [9.17, 15) is 4.79 Å². The molecule has 1 atom stereocenters. The van der Waals surface area contributed by atoms with Crippen molar-refractivity contribution in [1.82, 2.24) is 9.80 Å². The number of likely N-dealkylation sites (tertiary alicyclic amines) is 1. The molecule has 2 N–H and O–H groups in total. The van der Waals surface area contributed by atoms with Gasteiger partial charge in [-0.15, -0.1) is 0 Å². The molecule has 0 aromatic heterocycles. The second kappa shape index (κ2) is 7.85. The van der Waals surface area contributed by atoms with Gasteiger partial charge >= 0.3 is 0 Å². The van der Waals surface area contributed by atoms with E-state index in [4.69, 9.17) is 5.73 Å². The second-order valence-corrected chi connectivity index (χ2v) is 6.20. The summed E-state index contributed by atoms with van der Waals surface area (Å²) < 4.78 is 0. The summed E-state index contributed by atoms with van der Waals surface area (Å²) in [6.07, 6.45) is 4.00. The van der Waals surface area contributed by atoms with Gasteiger partial charge in [-0.2, -0.15) is 0 Å². The number of hydrogen-bond donors (Lipinski definition) is 1. The molecule has 0 unspecified atom stereocenters. The van der Waals surface area contributed by atoms with Crippen molar-refractivity contribution < 1.29 is 4.79 Å². The van der Waals surface area contributed by atoms with Gasteiger partial charge in [-0.25, -0.2) is 0 Å². The summed E-state index contributed by atoms with van der Waals surface area (Å²) in [7, 11) is 2.18. The van der Waals surface area contributed by atoms with Crippen molar-refractivity contribution >= 4 is 5.91 Å². The lowest BCUT2D eigenvalue weighted by Gasteiger charge is -2.36. The fourth-order valence-corrected chi connectivity index (χ4v) is 2.62. The van der Waals surface area contributed by atoms with Gasteiger partial charge < -0.3 is 15.5 Å². The summed E-state index contributed by atoms with van der Waals surface area (Å²) in [5, 5.41) is 0. The van der Waals surface area contributed by atoms with E-state index in [1.54, 1.807) is 0 Å². The first-order chi connectivity index (χ1) is 8.95. The molecular formula is C15H31N3O. The first kappa shape index (κ1) is 16.4. The zero-order valence-electron chi connectivity index (χ0n) is 13.1. The van der Waals surface area contributed by atoms with E-state index in [1.165, 1.54) is 0 Å². The predicted octanol–water partition coefficient (Wildman–Crippen LogP) is 1.69. The van der Waals surface area contributed by atoms with Crippen LogP contribution in [-0.2, 0) is 4.79 Å². The Hall–Kier alpha value is -0.610. The molecule has 0 bridgehead atoms. The average molecular weight is 269 g/mol. The summed E-state index contributed by atoms with van der Waals surface area (Å²) in [6.45, 7) is 9.42. The third-order valence-electron chi connectivity index (χ3n) is 4.27. The zero-order valence-corrected chi connectivity index (χ0v) is 13.1. The van der Waals surface area contributed by atoms with Crippen LogP contribution in [0.1, 0.15) is 46.5 Å². The predicted molar refractivity (Wildman–Crippen MR) is 80.0 cm³/mol. The summed E-state index contributed by atoms with van der Waals surface area (Å²) in [4.78, 5) is 16.5. The maximum Gasteiger partial charge on any atom is 0.239 e. The Labute approximate surface area is 118 Å². The maximum atomic E-state index is 12.1. The fraction of sp³-hybridized carbons (Fsp3) is 0.933. The number of carbonyl (C=O) groups is 1. The van der Waals surface area contributed by atoms with E-state index in [0.29, 0.717) is 6.04 Å². The Bertz CT molecular complexity index is 273. The van der Waals surface area contributed by atoms with Crippen molar-refractivity contribution in [2.24, 2.45) is 11.7 Å². The third-order valence-corrected chi connectivity index (χ3v) is 4.27. The largest absolute Gasteiger partial charge is 0.341 e. The highest BCUT2D eigenvalue weighted by Gasteiger charge is 2.26. The van der Waals surface area contributed by atoms with E-state index >= 15 is 0 Å². The van der Waals surface area contributed by atoms with Crippen LogP contribution in [0.15, 0.2) is 0 Å². The van der Waals surface area contributed by atoms with Crippen molar-refractivity contribution in [3.8, 4) is 0 Å². The Kier molecular flexibility index (Phi) is 6.80. The molecule has 1 amide bonds. The Morgan fingerprint density at radius 1 is 1.37 bits per heavy atom. The van der Waals surface area contributed by atoms with Crippen molar-refractivity contribution in [3.05, 3.63) is 0 Å². The zero-order chi connectivity index (χ0) is 14.4. The molecule has 0 aromatic carbocycles. The van der Waals surface area contributed by atoms with Crippen LogP contribution in [-0.4, -0.2) is 54.5 Å². The summed E-state index contributed by atoms with van der Waals surface area (Å²) >= 11 is 0. The Morgan fingerprint density at radius 2 is 1.95 bits per heavy atom. The van der Waals surface area contributed by atoms with Gasteiger partial charge in [-0.05, 0) is 46.1 Å². The van der Waals surface area contributed by atoms with Crippen LogP contribution < -0.4 is 5.73 Å². The number of nitrogens with zero attached hydrogens (tertiary/aromatic N) is 2. The number of amides is 1. The van der Waals surface area contributed by atoms with Crippen molar-refractivity contribution in [1.29, 1.82) is 0 Å². The highest BCUT2D eigenvalue weighted by molar-refractivity contribution is 5.81. The first-order valence-corrected chi connectivity index (χ1v) is 7.70. The molecule has 1 saturated heterocycles. The molecule has 4 nitrogen and oxygen atoms in total. The van der Waals surface area contributed by atoms with Gasteiger partial charge in [0.2, 0.25) is 5.91 Å². The molecule has 112 valence electrons. The minimum Gasteiger partial charge on any atom is -0.341 e. The molecule has 0 radical (unpaired) electrons. The monoisotopic (exact) mass is 269 g/mol. The highest BCUT2D eigenvalue weighted by atomic mass is 16.2. The van der Waals surface area contributed by atoms with Gasteiger partial charge in [0.15, 0.2) is 0 Å². The maximum absolute atomic E-state index is 12.1. The van der Waals surface area contributed by atoms with Crippen LogP contribution in [0.3, 0.4) is 0 Å². The van der Waals surface area contributed by atoms with Gasteiger partial charge in [-0.1, -0.05) is 13.3 Å². The Morgan fingerprint density at radius 3 is 2.42 bits per heavy atom. The second-order valence-electron chi connectivity index (χ2n) is 6.20. The van der Waals surface area contributed by atoms with Crippen LogP contribution in [0.25, 0.3) is 0 Å². The third kappa shape index (κ3) is 5.11. The van der Waals surface area contributed by atoms with Gasteiger partial charge in [0.1, 0.15) is 0 Å². The first-order valence-electron chi connectivity index (χ1n) is 7.70. The summed E-state index contributed by atoms with van der Waals surface area (Å²) in [5.41, 5.74) is 5.91. The smallest absolute Gasteiger partial charge is 0.239 e. The van der Waals surface area contributed by atoms with E-state index in [2.05, 4.69) is 32.7 Å². The van der Waals surface area contributed by atoms with Gasteiger partial charge in [-0.3, -0.25) is 4.79 Å². The standard InChI is InChI=1S/C15H31N3O/c1-5-6-14(16)15(19)18-9-7-13(8-10-18)11-17(4)12(2)3/h12-14H,5-11,16H2,1-4H3/t14-/m1/s1. The van der Waals surface area contributed by atoms with Gasteiger partial charge in [0.05, 0.1) is 6.04 Å². The molecule has 0 aliphatic carbocycles. The van der Waals surface area contributed by atoms with E-state index in [1.807, 2.05) is 4.90 Å². The summed E-state index contributed by atoms with van der Waals surface area (Å²) in [5.74, 6) is 0.872. The van der Waals surface area contributed by atoms with Crippen LogP contribution >= 0.6 is 0 Å². The molecule has 0 saturated carbocycles. The van der Waals surface area contributed by atoms with Crippen LogP contribution in [0.5, 0.6) is 0 Å². The van der Waals surface area contributed by atoms with E-state index in [0.717, 1.165) is 51.2 Å². The summed E-state index contributed by atoms with van der Waals surface area (Å²) in [6, 6.07) is 0.303. The normalized spacial score (nSPS) is 19.2. The number of nitrogens with two attached hydrogens (primary N) is 1. The average Bonchev–Trinajstić information content (AvgIpc) is 2.39. The molecular weight excluding hydrogens is 238 g/mol. The lowest BCUT2D eigenvalue weighted by molar-refractivity contribution is -0.134. The van der Waals surface area contributed by atoms with Gasteiger partial charge in [0, 0.05) is 25.7 Å². The molecule has 0 spiro atoms. The highest BCUT2D eigenvalue weighted by Crippen LogP contribution is 2.19. The Balaban J connectivity index is 2.34. The molecule has 4 heteroatoms. The molecule has 1 rings (SSSR count). The number of carbonyl (C=O) groups excluding carboxylic acids is 1. The minimum absolute atomic E-state index is 0.150. The number of rotatable bonds is 6. The molecule has 1 aliphatic heterocycles. The van der Waals surface area contributed by atoms with Crippen LogP contribution in [0.4, 0.5) is 0 Å². The van der Waals surface area contributed by atoms with E-state index in [-0.39, 0.29) is 11.9 Å². The molecule has 1 aliphatic rings. The van der Waals surface area contributed by atoms with Crippen LogP contribution in [0.2, 0.25) is 0 Å². The van der Waals surface area contributed by atoms with Crippen LogP contribution in [0, 0.1) is 5.92 Å². The lowest BCUT2D eigenvalue weighted by atomic mass is 9.95. The van der Waals surface area contributed by atoms with Gasteiger partial charge in [0.25, 0.3) is 0 Å². The fourth-order valence-electron chi connectivity index (χ4n) is 2.62. The van der Waals surface area contributed by atoms with E-state index < -0.39 is 0 Å². The van der Waals surface area contributed by atoms with Crippen molar-refractivity contribution in [2.45, 2.75) is 58.5 Å². The molecule has 19 heavy (non-hydrogen) atoms. The van der Waals surface area contributed by atoms with Crippen molar-refractivity contribution in [2.75, 3.05) is 26.7 Å². The minimum atomic E-state index is -0.292. The topological polar surface area (TPSA) is 49.6 Å². The number of piperidine rings is 1. The lowest BCUT2D eigenvalue weighted by Crippen LogP contribution is -2.48. The quantitative estimate of drug-likeness (QED) is 0.798. The van der Waals surface area contributed by atoms with Crippen molar-refractivity contribution in [3.63, 3.8) is 0 Å². The molecule has 1 heterocycles. The SMILES string of the molecule is CCC[C@@H](N)C(=O)N1CCC(CN(C)C(C)C)CC1.